The molecule has 86 valence electrons. The minimum absolute atomic E-state index is 0. The highest BCUT2D eigenvalue weighted by atomic mass is 35.5. The van der Waals surface area contributed by atoms with Crippen molar-refractivity contribution >= 4 is 12.4 Å². The lowest BCUT2D eigenvalue weighted by Gasteiger charge is -2.06. The number of methoxy groups -OCH3 is 1. The topological polar surface area (TPSA) is 34.1 Å². The minimum Gasteiger partial charge on any atom is -0.385 e. The third-order valence-corrected chi connectivity index (χ3v) is 2.13. The van der Waals surface area contributed by atoms with Gasteiger partial charge in [0.25, 0.3) is 0 Å². The first kappa shape index (κ1) is 14.4. The molecule has 1 N–H and O–H groups in total. The Morgan fingerprint density at radius 1 is 1.47 bits per heavy atom. The SMILES string of the molecule is COCCCNCc1cccnc1C.Cl. The molecule has 0 fully saturated rings. The first-order chi connectivity index (χ1) is 6.84. The standard InChI is InChI=1S/C11H18N2O.ClH/c1-10-11(5-3-7-13-10)9-12-6-4-8-14-2;/h3,5,7,12H,4,6,8-9H2,1-2H3;1H. The Kier molecular flexibility index (Phi) is 8.28. The number of hydrogen-bond donors (Lipinski definition) is 1. The van der Waals surface area contributed by atoms with Crippen molar-refractivity contribution in [2.45, 2.75) is 19.9 Å². The highest BCUT2D eigenvalue weighted by molar-refractivity contribution is 5.85. The van der Waals surface area contributed by atoms with Crippen molar-refractivity contribution in [1.82, 2.24) is 10.3 Å². The van der Waals surface area contributed by atoms with Crippen molar-refractivity contribution < 1.29 is 4.74 Å². The van der Waals surface area contributed by atoms with Crippen LogP contribution in [0.1, 0.15) is 17.7 Å². The van der Waals surface area contributed by atoms with E-state index in [9.17, 15) is 0 Å². The normalized spacial score (nSPS) is 9.73. The number of ether oxygens (including phenoxy) is 1. The van der Waals surface area contributed by atoms with Crippen molar-refractivity contribution in [3.63, 3.8) is 0 Å². The van der Waals surface area contributed by atoms with Crippen LogP contribution in [-0.4, -0.2) is 25.2 Å². The number of halogens is 1. The highest BCUT2D eigenvalue weighted by Gasteiger charge is 1.96. The molecule has 0 amide bonds. The lowest BCUT2D eigenvalue weighted by Crippen LogP contribution is -2.16. The lowest BCUT2D eigenvalue weighted by molar-refractivity contribution is 0.194. The average molecular weight is 231 g/mol. The van der Waals surface area contributed by atoms with Gasteiger partial charge in [0.2, 0.25) is 0 Å². The van der Waals surface area contributed by atoms with E-state index in [4.69, 9.17) is 4.74 Å². The van der Waals surface area contributed by atoms with Crippen molar-refractivity contribution in [3.8, 4) is 0 Å². The summed E-state index contributed by atoms with van der Waals surface area (Å²) in [6.45, 7) is 4.73. The molecule has 15 heavy (non-hydrogen) atoms. The Morgan fingerprint density at radius 3 is 2.93 bits per heavy atom. The highest BCUT2D eigenvalue weighted by Crippen LogP contribution is 2.02. The predicted octanol–water partition coefficient (Wildman–Crippen LogP) is 1.94. The third kappa shape index (κ3) is 5.72. The third-order valence-electron chi connectivity index (χ3n) is 2.13. The maximum atomic E-state index is 4.97. The average Bonchev–Trinajstić information content (AvgIpc) is 2.20. The second-order valence-corrected chi connectivity index (χ2v) is 3.27. The van der Waals surface area contributed by atoms with Crippen molar-refractivity contribution in [1.29, 1.82) is 0 Å². The van der Waals surface area contributed by atoms with Crippen molar-refractivity contribution in [2.75, 3.05) is 20.3 Å². The number of aryl methyl sites for hydroxylation is 1. The molecule has 1 rings (SSSR count). The number of nitrogens with one attached hydrogen (secondary N) is 1. The van der Waals surface area contributed by atoms with E-state index in [1.165, 1.54) is 5.56 Å². The molecule has 0 spiro atoms. The van der Waals surface area contributed by atoms with Crippen molar-refractivity contribution in [2.24, 2.45) is 0 Å². The van der Waals surface area contributed by atoms with E-state index in [0.717, 1.165) is 31.8 Å². The largest absolute Gasteiger partial charge is 0.385 e. The van der Waals surface area contributed by atoms with Crippen LogP contribution in [0.5, 0.6) is 0 Å². The Balaban J connectivity index is 0.00000196. The molecule has 0 radical (unpaired) electrons. The summed E-state index contributed by atoms with van der Waals surface area (Å²) < 4.78 is 4.97. The Morgan fingerprint density at radius 2 is 2.27 bits per heavy atom. The van der Waals surface area contributed by atoms with Gasteiger partial charge in [0.1, 0.15) is 0 Å². The minimum atomic E-state index is 0. The van der Waals surface area contributed by atoms with Gasteiger partial charge in [-0.25, -0.2) is 0 Å². The zero-order valence-electron chi connectivity index (χ0n) is 9.32. The first-order valence-electron chi connectivity index (χ1n) is 4.94. The van der Waals surface area contributed by atoms with Gasteiger partial charge in [-0.3, -0.25) is 4.98 Å². The molecule has 0 unspecified atom stereocenters. The molecule has 4 heteroatoms. The van der Waals surface area contributed by atoms with E-state index in [1.807, 2.05) is 19.2 Å². The summed E-state index contributed by atoms with van der Waals surface area (Å²) >= 11 is 0. The first-order valence-corrected chi connectivity index (χ1v) is 4.94. The van der Waals surface area contributed by atoms with E-state index in [-0.39, 0.29) is 12.4 Å². The molecule has 0 aromatic carbocycles. The molecule has 0 aliphatic carbocycles. The van der Waals surface area contributed by atoms with E-state index in [1.54, 1.807) is 7.11 Å². The van der Waals surface area contributed by atoms with Crippen LogP contribution in [0.25, 0.3) is 0 Å². The summed E-state index contributed by atoms with van der Waals surface area (Å²) in [5.74, 6) is 0. The van der Waals surface area contributed by atoms with Gasteiger partial charge in [-0.05, 0) is 31.5 Å². The molecule has 3 nitrogen and oxygen atoms in total. The maximum Gasteiger partial charge on any atom is 0.0474 e. The predicted molar refractivity (Wildman–Crippen MR) is 64.4 cm³/mol. The zero-order chi connectivity index (χ0) is 10.2. The molecule has 1 aromatic rings. The molecule has 1 heterocycles. The summed E-state index contributed by atoms with van der Waals surface area (Å²) in [4.78, 5) is 4.23. The van der Waals surface area contributed by atoms with Crippen LogP contribution in [0.2, 0.25) is 0 Å². The zero-order valence-corrected chi connectivity index (χ0v) is 10.1. The second-order valence-electron chi connectivity index (χ2n) is 3.27. The van der Waals surface area contributed by atoms with Gasteiger partial charge < -0.3 is 10.1 Å². The van der Waals surface area contributed by atoms with Crippen LogP contribution in [-0.2, 0) is 11.3 Å². The van der Waals surface area contributed by atoms with Gasteiger partial charge in [0, 0.05) is 32.2 Å². The fourth-order valence-corrected chi connectivity index (χ4v) is 1.27. The van der Waals surface area contributed by atoms with Crippen LogP contribution in [0.3, 0.4) is 0 Å². The number of rotatable bonds is 6. The monoisotopic (exact) mass is 230 g/mol. The molecular formula is C11H19ClN2O. The van der Waals surface area contributed by atoms with E-state index < -0.39 is 0 Å². The molecule has 0 atom stereocenters. The number of hydrogen-bond acceptors (Lipinski definition) is 3. The van der Waals surface area contributed by atoms with Gasteiger partial charge in [-0.1, -0.05) is 6.07 Å². The number of pyridine rings is 1. The lowest BCUT2D eigenvalue weighted by atomic mass is 10.2. The molecule has 0 aliphatic heterocycles. The fraction of sp³-hybridized carbons (Fsp3) is 0.545. The van der Waals surface area contributed by atoms with Gasteiger partial charge in [0.15, 0.2) is 0 Å². The summed E-state index contributed by atoms with van der Waals surface area (Å²) in [5.41, 5.74) is 2.37. The molecule has 0 bridgehead atoms. The second kappa shape index (κ2) is 8.65. The van der Waals surface area contributed by atoms with E-state index in [2.05, 4.69) is 16.4 Å². The van der Waals surface area contributed by atoms with Crippen LogP contribution in [0.4, 0.5) is 0 Å². The van der Waals surface area contributed by atoms with Gasteiger partial charge in [-0.2, -0.15) is 0 Å². The van der Waals surface area contributed by atoms with E-state index >= 15 is 0 Å². The Hall–Kier alpha value is -0.640. The quantitative estimate of drug-likeness (QED) is 0.759. The van der Waals surface area contributed by atoms with Gasteiger partial charge in [0.05, 0.1) is 0 Å². The van der Waals surface area contributed by atoms with Crippen LogP contribution in [0, 0.1) is 6.92 Å². The Labute approximate surface area is 97.7 Å². The Bertz CT molecular complexity index is 269. The fourth-order valence-electron chi connectivity index (χ4n) is 1.27. The molecule has 0 saturated carbocycles. The maximum absolute atomic E-state index is 4.97. The summed E-state index contributed by atoms with van der Waals surface area (Å²) in [6, 6.07) is 4.07. The smallest absolute Gasteiger partial charge is 0.0474 e. The van der Waals surface area contributed by atoms with Gasteiger partial charge in [-0.15, -0.1) is 12.4 Å². The van der Waals surface area contributed by atoms with Crippen molar-refractivity contribution in [3.05, 3.63) is 29.6 Å². The van der Waals surface area contributed by atoms with E-state index in [0.29, 0.717) is 0 Å². The molecule has 0 saturated heterocycles. The summed E-state index contributed by atoms with van der Waals surface area (Å²) in [6.07, 6.45) is 2.87. The van der Waals surface area contributed by atoms with Crippen LogP contribution < -0.4 is 5.32 Å². The molecule has 0 aliphatic rings. The number of aromatic nitrogens is 1. The molecule has 1 aromatic heterocycles. The summed E-state index contributed by atoms with van der Waals surface area (Å²) in [7, 11) is 1.73. The molecular weight excluding hydrogens is 212 g/mol. The van der Waals surface area contributed by atoms with Gasteiger partial charge >= 0.3 is 0 Å². The summed E-state index contributed by atoms with van der Waals surface area (Å²) in [5, 5.41) is 3.36. The number of nitrogens with zero attached hydrogens (tertiary/aromatic N) is 1. The van der Waals surface area contributed by atoms with Crippen LogP contribution >= 0.6 is 12.4 Å². The van der Waals surface area contributed by atoms with Crippen LogP contribution in [0.15, 0.2) is 18.3 Å².